The van der Waals surface area contributed by atoms with Crippen LogP contribution in [0.5, 0.6) is 0 Å². The first-order valence-electron chi connectivity index (χ1n) is 6.54. The molecule has 0 bridgehead atoms. The highest BCUT2D eigenvalue weighted by Gasteiger charge is 2.11. The third kappa shape index (κ3) is 2.81. The van der Waals surface area contributed by atoms with Crippen molar-refractivity contribution in [1.29, 1.82) is 0 Å². The number of halogens is 1. The maximum atomic E-state index is 6.20. The molecule has 0 amide bonds. The normalized spacial score (nSPS) is 13.6. The topological polar surface area (TPSA) is 26.0 Å². The van der Waals surface area contributed by atoms with Crippen LogP contribution in [0.15, 0.2) is 46.2 Å². The van der Waals surface area contributed by atoms with E-state index in [4.69, 9.17) is 17.3 Å². The first kappa shape index (κ1) is 13.0. The number of hydrogen-bond donors (Lipinski definition) is 1. The van der Waals surface area contributed by atoms with Gasteiger partial charge in [-0.15, -0.1) is 0 Å². The summed E-state index contributed by atoms with van der Waals surface area (Å²) in [6.45, 7) is 0.489. The Labute approximate surface area is 123 Å². The van der Waals surface area contributed by atoms with Crippen LogP contribution < -0.4 is 5.73 Å². The molecule has 1 nitrogen and oxygen atoms in total. The molecule has 19 heavy (non-hydrogen) atoms. The summed E-state index contributed by atoms with van der Waals surface area (Å²) in [6, 6.07) is 12.9. The van der Waals surface area contributed by atoms with Gasteiger partial charge in [0.25, 0.3) is 0 Å². The van der Waals surface area contributed by atoms with Gasteiger partial charge in [0.15, 0.2) is 0 Å². The molecule has 98 valence electrons. The zero-order valence-electron chi connectivity index (χ0n) is 10.7. The Hall–Kier alpha value is -0.960. The van der Waals surface area contributed by atoms with Gasteiger partial charge in [-0.05, 0) is 60.2 Å². The van der Waals surface area contributed by atoms with Gasteiger partial charge in [0.1, 0.15) is 0 Å². The molecular weight excluding hydrogens is 274 g/mol. The quantitative estimate of drug-likeness (QED) is 0.904. The molecule has 3 heteroatoms. The Balaban J connectivity index is 1.83. The largest absolute Gasteiger partial charge is 0.326 e. The van der Waals surface area contributed by atoms with E-state index >= 15 is 0 Å². The number of benzene rings is 2. The summed E-state index contributed by atoms with van der Waals surface area (Å²) in [6.07, 6.45) is 3.74. The van der Waals surface area contributed by atoms with Crippen molar-refractivity contribution in [3.63, 3.8) is 0 Å². The first-order chi connectivity index (χ1) is 9.26. The van der Waals surface area contributed by atoms with Crippen LogP contribution >= 0.6 is 23.4 Å². The fraction of sp³-hybridized carbons (Fsp3) is 0.250. The fourth-order valence-electron chi connectivity index (χ4n) is 2.50. The minimum atomic E-state index is 0.489. The standard InChI is InChI=1S/C16H16ClNS/c17-16-9-15(7-5-13(16)10-18)19-14-6-4-11-2-1-3-12(11)8-14/h4-9H,1-3,10,18H2. The molecule has 2 aromatic rings. The summed E-state index contributed by atoms with van der Waals surface area (Å²) in [5, 5.41) is 0.758. The van der Waals surface area contributed by atoms with Crippen LogP contribution in [0, 0.1) is 0 Å². The van der Waals surface area contributed by atoms with Gasteiger partial charge in [0, 0.05) is 21.4 Å². The van der Waals surface area contributed by atoms with E-state index in [2.05, 4.69) is 24.3 Å². The highest BCUT2D eigenvalue weighted by atomic mass is 35.5. The minimum absolute atomic E-state index is 0.489. The lowest BCUT2D eigenvalue weighted by molar-refractivity contribution is 0.911. The third-order valence-corrected chi connectivity index (χ3v) is 4.88. The van der Waals surface area contributed by atoms with Crippen molar-refractivity contribution >= 4 is 23.4 Å². The molecule has 0 saturated heterocycles. The predicted octanol–water partition coefficient (Wildman–Crippen LogP) is 4.44. The van der Waals surface area contributed by atoms with Crippen LogP contribution in [0.1, 0.15) is 23.1 Å². The molecule has 0 saturated carbocycles. The van der Waals surface area contributed by atoms with Crippen LogP contribution in [0.3, 0.4) is 0 Å². The van der Waals surface area contributed by atoms with Gasteiger partial charge >= 0.3 is 0 Å². The zero-order valence-corrected chi connectivity index (χ0v) is 12.2. The zero-order chi connectivity index (χ0) is 13.2. The van der Waals surface area contributed by atoms with Crippen LogP contribution in [0.2, 0.25) is 5.02 Å². The van der Waals surface area contributed by atoms with Crippen molar-refractivity contribution in [3.8, 4) is 0 Å². The van der Waals surface area contributed by atoms with E-state index in [1.807, 2.05) is 12.1 Å². The van der Waals surface area contributed by atoms with Crippen molar-refractivity contribution < 1.29 is 0 Å². The van der Waals surface area contributed by atoms with Gasteiger partial charge < -0.3 is 5.73 Å². The monoisotopic (exact) mass is 289 g/mol. The summed E-state index contributed by atoms with van der Waals surface area (Å²) < 4.78 is 0. The summed E-state index contributed by atoms with van der Waals surface area (Å²) >= 11 is 7.96. The Bertz CT molecular complexity index is 610. The molecule has 0 heterocycles. The van der Waals surface area contributed by atoms with Crippen molar-refractivity contribution in [2.24, 2.45) is 5.73 Å². The number of nitrogens with two attached hydrogens (primary N) is 1. The molecule has 0 aromatic heterocycles. The van der Waals surface area contributed by atoms with Crippen LogP contribution in [-0.2, 0) is 19.4 Å². The molecular formula is C16H16ClNS. The van der Waals surface area contributed by atoms with Crippen molar-refractivity contribution in [2.75, 3.05) is 0 Å². The predicted molar refractivity (Wildman–Crippen MR) is 81.9 cm³/mol. The van der Waals surface area contributed by atoms with Gasteiger partial charge in [-0.3, -0.25) is 0 Å². The Morgan fingerprint density at radius 1 is 1.00 bits per heavy atom. The van der Waals surface area contributed by atoms with Crippen LogP contribution in [0.4, 0.5) is 0 Å². The highest BCUT2D eigenvalue weighted by Crippen LogP contribution is 2.33. The van der Waals surface area contributed by atoms with Crippen molar-refractivity contribution in [1.82, 2.24) is 0 Å². The van der Waals surface area contributed by atoms with E-state index in [1.54, 1.807) is 11.8 Å². The lowest BCUT2D eigenvalue weighted by Gasteiger charge is -2.07. The molecule has 0 radical (unpaired) electrons. The van der Waals surface area contributed by atoms with E-state index < -0.39 is 0 Å². The first-order valence-corrected chi connectivity index (χ1v) is 7.74. The molecule has 1 aliphatic rings. The lowest BCUT2D eigenvalue weighted by Crippen LogP contribution is -1.96. The van der Waals surface area contributed by atoms with Crippen molar-refractivity contribution in [3.05, 3.63) is 58.1 Å². The Morgan fingerprint density at radius 2 is 1.74 bits per heavy atom. The van der Waals surface area contributed by atoms with Gasteiger partial charge in [0.05, 0.1) is 0 Å². The third-order valence-electron chi connectivity index (χ3n) is 3.55. The summed E-state index contributed by atoms with van der Waals surface area (Å²) in [4.78, 5) is 2.46. The van der Waals surface area contributed by atoms with Crippen LogP contribution in [-0.4, -0.2) is 0 Å². The van der Waals surface area contributed by atoms with E-state index in [1.165, 1.54) is 40.2 Å². The lowest BCUT2D eigenvalue weighted by atomic mass is 10.1. The number of fused-ring (bicyclic) bond motifs is 1. The fourth-order valence-corrected chi connectivity index (χ4v) is 3.75. The molecule has 0 fully saturated rings. The second-order valence-electron chi connectivity index (χ2n) is 4.84. The maximum absolute atomic E-state index is 6.20. The molecule has 0 atom stereocenters. The minimum Gasteiger partial charge on any atom is -0.326 e. The smallest absolute Gasteiger partial charge is 0.0462 e. The average molecular weight is 290 g/mol. The van der Waals surface area contributed by atoms with E-state index in [9.17, 15) is 0 Å². The maximum Gasteiger partial charge on any atom is 0.0462 e. The molecule has 2 aromatic carbocycles. The molecule has 1 aliphatic carbocycles. The molecule has 0 unspecified atom stereocenters. The van der Waals surface area contributed by atoms with Gasteiger partial charge in [-0.2, -0.15) is 0 Å². The number of aryl methyl sites for hydroxylation is 2. The second-order valence-corrected chi connectivity index (χ2v) is 6.40. The number of rotatable bonds is 3. The second kappa shape index (κ2) is 5.58. The summed E-state index contributed by atoms with van der Waals surface area (Å²) in [7, 11) is 0. The van der Waals surface area contributed by atoms with E-state index in [0.717, 1.165) is 10.6 Å². The average Bonchev–Trinajstić information content (AvgIpc) is 2.86. The van der Waals surface area contributed by atoms with Gasteiger partial charge in [0.2, 0.25) is 0 Å². The van der Waals surface area contributed by atoms with Gasteiger partial charge in [-0.1, -0.05) is 35.5 Å². The van der Waals surface area contributed by atoms with E-state index in [0.29, 0.717) is 6.54 Å². The van der Waals surface area contributed by atoms with Crippen LogP contribution in [0.25, 0.3) is 0 Å². The Morgan fingerprint density at radius 3 is 2.53 bits per heavy atom. The molecule has 0 spiro atoms. The summed E-state index contributed by atoms with van der Waals surface area (Å²) in [5.41, 5.74) is 9.65. The molecule has 3 rings (SSSR count). The Kier molecular flexibility index (Phi) is 3.83. The molecule has 0 aliphatic heterocycles. The molecule has 2 N–H and O–H groups in total. The van der Waals surface area contributed by atoms with Crippen molar-refractivity contribution in [2.45, 2.75) is 35.6 Å². The van der Waals surface area contributed by atoms with Gasteiger partial charge in [-0.25, -0.2) is 0 Å². The SMILES string of the molecule is NCc1ccc(Sc2ccc3c(c2)CCC3)cc1Cl. The van der Waals surface area contributed by atoms with E-state index in [-0.39, 0.29) is 0 Å². The number of hydrogen-bond acceptors (Lipinski definition) is 2. The summed E-state index contributed by atoms with van der Waals surface area (Å²) in [5.74, 6) is 0. The highest BCUT2D eigenvalue weighted by molar-refractivity contribution is 7.99.